The van der Waals surface area contributed by atoms with E-state index in [-0.39, 0.29) is 5.75 Å². The van der Waals surface area contributed by atoms with Gasteiger partial charge in [-0.05, 0) is 18.6 Å². The summed E-state index contributed by atoms with van der Waals surface area (Å²) in [5, 5.41) is 17.6. The van der Waals surface area contributed by atoms with E-state index in [9.17, 15) is 5.11 Å². The predicted molar refractivity (Wildman–Crippen MR) is 71.8 cm³/mol. The third-order valence-corrected chi connectivity index (χ3v) is 2.97. The van der Waals surface area contributed by atoms with E-state index < -0.39 is 0 Å². The van der Waals surface area contributed by atoms with Crippen LogP contribution >= 0.6 is 11.6 Å². The smallest absolute Gasteiger partial charge is 0.138 e. The summed E-state index contributed by atoms with van der Waals surface area (Å²) in [7, 11) is 0. The molecule has 0 radical (unpaired) electrons. The summed E-state index contributed by atoms with van der Waals surface area (Å²) in [6, 6.07) is 5.36. The Balaban J connectivity index is 1.80. The highest BCUT2D eigenvalue weighted by atomic mass is 35.5. The summed E-state index contributed by atoms with van der Waals surface area (Å²) < 4.78 is 1.89. The van der Waals surface area contributed by atoms with Gasteiger partial charge in [0.25, 0.3) is 0 Å². The average molecular weight is 266 g/mol. The van der Waals surface area contributed by atoms with E-state index in [1.165, 1.54) is 0 Å². The maximum atomic E-state index is 9.73. The summed E-state index contributed by atoms with van der Waals surface area (Å²) in [6.07, 6.45) is 3.83. The van der Waals surface area contributed by atoms with Gasteiger partial charge in [-0.1, -0.05) is 23.7 Å². The molecule has 2 N–H and O–H groups in total. The van der Waals surface area contributed by atoms with Crippen molar-refractivity contribution in [3.8, 4) is 5.75 Å². The second kappa shape index (κ2) is 5.89. The fourth-order valence-electron chi connectivity index (χ4n) is 1.71. The van der Waals surface area contributed by atoms with E-state index in [0.717, 1.165) is 24.2 Å². The summed E-state index contributed by atoms with van der Waals surface area (Å²) in [4.78, 5) is 0. The third kappa shape index (κ3) is 3.24. The molecule has 0 saturated heterocycles. The topological polar surface area (TPSA) is 50.1 Å². The molecule has 0 unspecified atom stereocenters. The predicted octanol–water partition coefficient (Wildman–Crippen LogP) is 2.34. The van der Waals surface area contributed by atoms with Gasteiger partial charge in [0.2, 0.25) is 0 Å². The molecule has 18 heavy (non-hydrogen) atoms. The van der Waals surface area contributed by atoms with Crippen molar-refractivity contribution in [2.45, 2.75) is 20.0 Å². The van der Waals surface area contributed by atoms with Crippen LogP contribution in [0.3, 0.4) is 0 Å². The van der Waals surface area contributed by atoms with Crippen molar-refractivity contribution in [2.75, 3.05) is 6.54 Å². The molecule has 0 bridgehead atoms. The first kappa shape index (κ1) is 12.9. The molecule has 5 heteroatoms. The number of aryl methyl sites for hydroxylation is 1. The lowest BCUT2D eigenvalue weighted by molar-refractivity contribution is 0.462. The first-order chi connectivity index (χ1) is 8.66. The van der Waals surface area contributed by atoms with Crippen molar-refractivity contribution in [3.05, 3.63) is 46.7 Å². The fourth-order valence-corrected chi connectivity index (χ4v) is 1.90. The number of rotatable bonds is 5. The SMILES string of the molecule is Cc1cnn(CCNCc2cccc(Cl)c2O)c1. The van der Waals surface area contributed by atoms with E-state index in [0.29, 0.717) is 11.6 Å². The van der Waals surface area contributed by atoms with Crippen molar-refractivity contribution in [2.24, 2.45) is 0 Å². The number of phenolic OH excluding ortho intramolecular Hbond substituents is 1. The van der Waals surface area contributed by atoms with Crippen LogP contribution in [0.25, 0.3) is 0 Å². The molecule has 0 fully saturated rings. The van der Waals surface area contributed by atoms with Gasteiger partial charge in [0.1, 0.15) is 5.75 Å². The molecule has 0 atom stereocenters. The molecule has 0 aliphatic heterocycles. The number of benzene rings is 1. The molecule has 2 rings (SSSR count). The van der Waals surface area contributed by atoms with Crippen LogP contribution in [0.5, 0.6) is 5.75 Å². The van der Waals surface area contributed by atoms with Crippen molar-refractivity contribution < 1.29 is 5.11 Å². The van der Waals surface area contributed by atoms with Gasteiger partial charge in [-0.3, -0.25) is 4.68 Å². The minimum Gasteiger partial charge on any atom is -0.506 e. The molecular weight excluding hydrogens is 250 g/mol. The summed E-state index contributed by atoms with van der Waals surface area (Å²) >= 11 is 5.83. The Morgan fingerprint density at radius 2 is 2.28 bits per heavy atom. The molecule has 0 spiro atoms. The summed E-state index contributed by atoms with van der Waals surface area (Å²) in [5.41, 5.74) is 1.96. The van der Waals surface area contributed by atoms with E-state index in [1.807, 2.05) is 36.1 Å². The van der Waals surface area contributed by atoms with E-state index in [2.05, 4.69) is 10.4 Å². The molecule has 2 aromatic rings. The zero-order chi connectivity index (χ0) is 13.0. The second-order valence-electron chi connectivity index (χ2n) is 4.21. The van der Waals surface area contributed by atoms with Gasteiger partial charge >= 0.3 is 0 Å². The van der Waals surface area contributed by atoms with E-state index in [1.54, 1.807) is 6.07 Å². The van der Waals surface area contributed by atoms with Crippen molar-refractivity contribution in [3.63, 3.8) is 0 Å². The zero-order valence-electron chi connectivity index (χ0n) is 10.2. The van der Waals surface area contributed by atoms with Crippen LogP contribution in [0.1, 0.15) is 11.1 Å². The first-order valence-electron chi connectivity index (χ1n) is 5.83. The lowest BCUT2D eigenvalue weighted by Crippen LogP contribution is -2.19. The number of para-hydroxylation sites is 1. The zero-order valence-corrected chi connectivity index (χ0v) is 11.0. The van der Waals surface area contributed by atoms with Crippen LogP contribution in [0, 0.1) is 6.92 Å². The van der Waals surface area contributed by atoms with Gasteiger partial charge in [-0.15, -0.1) is 0 Å². The fraction of sp³-hybridized carbons (Fsp3) is 0.308. The number of aromatic nitrogens is 2. The highest BCUT2D eigenvalue weighted by Gasteiger charge is 2.04. The molecule has 1 heterocycles. The van der Waals surface area contributed by atoms with Crippen molar-refractivity contribution >= 4 is 11.6 Å². The molecule has 96 valence electrons. The minimum absolute atomic E-state index is 0.154. The lowest BCUT2D eigenvalue weighted by atomic mass is 10.2. The Kier molecular flexibility index (Phi) is 4.23. The number of nitrogens with one attached hydrogen (secondary N) is 1. The molecule has 0 saturated carbocycles. The summed E-state index contributed by atoms with van der Waals surface area (Å²) in [6.45, 7) is 4.19. The van der Waals surface area contributed by atoms with E-state index in [4.69, 9.17) is 11.6 Å². The van der Waals surface area contributed by atoms with Gasteiger partial charge in [0.05, 0.1) is 17.8 Å². The standard InChI is InChI=1S/C13H16ClN3O/c1-10-7-16-17(9-10)6-5-15-8-11-3-2-4-12(14)13(11)18/h2-4,7,9,15,18H,5-6,8H2,1H3. The Morgan fingerprint density at radius 3 is 3.00 bits per heavy atom. The monoisotopic (exact) mass is 265 g/mol. The first-order valence-corrected chi connectivity index (χ1v) is 6.21. The van der Waals surface area contributed by atoms with Crippen molar-refractivity contribution in [1.82, 2.24) is 15.1 Å². The van der Waals surface area contributed by atoms with Gasteiger partial charge < -0.3 is 10.4 Å². The van der Waals surface area contributed by atoms with Crippen LogP contribution in [0.2, 0.25) is 5.02 Å². The molecular formula is C13H16ClN3O. The Labute approximate surface area is 111 Å². The number of hydrogen-bond acceptors (Lipinski definition) is 3. The van der Waals surface area contributed by atoms with Crippen LogP contribution in [0.15, 0.2) is 30.6 Å². The summed E-state index contributed by atoms with van der Waals surface area (Å²) in [5.74, 6) is 0.154. The molecule has 0 aliphatic rings. The second-order valence-corrected chi connectivity index (χ2v) is 4.61. The highest BCUT2D eigenvalue weighted by Crippen LogP contribution is 2.26. The molecule has 1 aromatic heterocycles. The number of hydrogen-bond donors (Lipinski definition) is 2. The van der Waals surface area contributed by atoms with Gasteiger partial charge in [-0.25, -0.2) is 0 Å². The number of phenols is 1. The quantitative estimate of drug-likeness (QED) is 0.816. The molecule has 4 nitrogen and oxygen atoms in total. The highest BCUT2D eigenvalue weighted by molar-refractivity contribution is 6.32. The Hall–Kier alpha value is -1.52. The molecule has 0 amide bonds. The number of aromatic hydroxyl groups is 1. The minimum atomic E-state index is 0.154. The largest absolute Gasteiger partial charge is 0.506 e. The van der Waals surface area contributed by atoms with Gasteiger partial charge in [0.15, 0.2) is 0 Å². The van der Waals surface area contributed by atoms with Crippen LogP contribution in [-0.4, -0.2) is 21.4 Å². The maximum Gasteiger partial charge on any atom is 0.138 e. The van der Waals surface area contributed by atoms with Gasteiger partial charge in [0, 0.05) is 24.8 Å². The Bertz CT molecular complexity index is 525. The van der Waals surface area contributed by atoms with E-state index >= 15 is 0 Å². The Morgan fingerprint density at radius 1 is 1.44 bits per heavy atom. The maximum absolute atomic E-state index is 9.73. The molecule has 0 aliphatic carbocycles. The van der Waals surface area contributed by atoms with Crippen molar-refractivity contribution in [1.29, 1.82) is 0 Å². The average Bonchev–Trinajstić information content (AvgIpc) is 2.76. The van der Waals surface area contributed by atoms with Crippen LogP contribution in [-0.2, 0) is 13.1 Å². The molecule has 1 aromatic carbocycles. The normalized spacial score (nSPS) is 10.8. The van der Waals surface area contributed by atoms with Gasteiger partial charge in [-0.2, -0.15) is 5.10 Å². The van der Waals surface area contributed by atoms with Crippen LogP contribution in [0.4, 0.5) is 0 Å². The number of nitrogens with zero attached hydrogens (tertiary/aromatic N) is 2. The van der Waals surface area contributed by atoms with Crippen LogP contribution < -0.4 is 5.32 Å². The number of halogens is 1. The lowest BCUT2D eigenvalue weighted by Gasteiger charge is -2.07. The third-order valence-electron chi connectivity index (χ3n) is 2.67.